The first-order chi connectivity index (χ1) is 13.5. The molecule has 0 radical (unpaired) electrons. The average molecular weight is 397 g/mol. The maximum absolute atomic E-state index is 9.77. The molecule has 0 saturated carbocycles. The van der Waals surface area contributed by atoms with E-state index in [4.69, 9.17) is 27.5 Å². The van der Waals surface area contributed by atoms with Crippen molar-refractivity contribution in [3.63, 3.8) is 0 Å². The second kappa shape index (κ2) is 8.95. The summed E-state index contributed by atoms with van der Waals surface area (Å²) in [6.45, 7) is 4.73. The van der Waals surface area contributed by atoms with Crippen LogP contribution in [-0.2, 0) is 17.9 Å². The summed E-state index contributed by atoms with van der Waals surface area (Å²) >= 11 is 5.71. The molecule has 146 valence electrons. The third-order valence-corrected chi connectivity index (χ3v) is 4.82. The predicted octanol–water partition coefficient (Wildman–Crippen LogP) is 4.27. The summed E-state index contributed by atoms with van der Waals surface area (Å²) in [5.41, 5.74) is 3.68. The number of benzene rings is 2. The molecule has 0 saturated heterocycles. The Bertz CT molecular complexity index is 1020. The molecule has 0 unspecified atom stereocenters. The minimum atomic E-state index is -0.0846. The van der Waals surface area contributed by atoms with Crippen molar-refractivity contribution in [1.82, 2.24) is 14.3 Å². The summed E-state index contributed by atoms with van der Waals surface area (Å²) in [5, 5.41) is 22.4. The number of aromatic nitrogens is 3. The van der Waals surface area contributed by atoms with Gasteiger partial charge in [-0.2, -0.15) is 5.10 Å². The smallest absolute Gasteiger partial charge is 0.202 e. The van der Waals surface area contributed by atoms with Crippen molar-refractivity contribution < 1.29 is 9.84 Å². The second-order valence-corrected chi connectivity index (χ2v) is 6.79. The fraction of sp³-hybridized carbons (Fsp3) is 0.286. The minimum Gasteiger partial charge on any atom is -0.481 e. The van der Waals surface area contributed by atoms with Gasteiger partial charge in [0.15, 0.2) is 11.7 Å². The lowest BCUT2D eigenvalue weighted by atomic mass is 10.1. The van der Waals surface area contributed by atoms with Crippen molar-refractivity contribution in [2.75, 3.05) is 6.61 Å². The number of ether oxygens (including phenoxy) is 1. The van der Waals surface area contributed by atoms with Crippen molar-refractivity contribution in [2.45, 2.75) is 33.4 Å². The van der Waals surface area contributed by atoms with E-state index in [1.54, 1.807) is 4.68 Å². The van der Waals surface area contributed by atoms with Crippen LogP contribution in [0.1, 0.15) is 24.5 Å². The van der Waals surface area contributed by atoms with E-state index in [1.807, 2.05) is 66.9 Å². The first kappa shape index (κ1) is 20.0. The van der Waals surface area contributed by atoms with E-state index in [0.717, 1.165) is 22.4 Å². The maximum atomic E-state index is 9.77. The lowest BCUT2D eigenvalue weighted by molar-refractivity contribution is 0.282. The number of nitrogens with one attached hydrogen (secondary N) is 1. The van der Waals surface area contributed by atoms with Gasteiger partial charge >= 0.3 is 0 Å². The van der Waals surface area contributed by atoms with Crippen LogP contribution in [0.3, 0.4) is 0 Å². The van der Waals surface area contributed by atoms with Crippen molar-refractivity contribution in [1.29, 1.82) is 5.41 Å². The quantitative estimate of drug-likeness (QED) is 0.355. The number of aryl methyl sites for hydroxylation is 2. The highest BCUT2D eigenvalue weighted by Gasteiger charge is 2.17. The highest BCUT2D eigenvalue weighted by Crippen LogP contribution is 2.26. The van der Waals surface area contributed by atoms with E-state index in [0.29, 0.717) is 30.2 Å². The lowest BCUT2D eigenvalue weighted by Crippen LogP contribution is -2.09. The van der Waals surface area contributed by atoms with E-state index >= 15 is 0 Å². The van der Waals surface area contributed by atoms with Gasteiger partial charge in [-0.15, -0.1) is 0 Å². The van der Waals surface area contributed by atoms with Gasteiger partial charge < -0.3 is 9.84 Å². The molecular formula is C21H24N4O2S. The van der Waals surface area contributed by atoms with E-state index in [9.17, 15) is 5.11 Å². The zero-order chi connectivity index (χ0) is 20.1. The Morgan fingerprint density at radius 2 is 1.89 bits per heavy atom. The molecular weight excluding hydrogens is 372 g/mol. The summed E-state index contributed by atoms with van der Waals surface area (Å²) in [6, 6.07) is 15.7. The van der Waals surface area contributed by atoms with Gasteiger partial charge in [-0.05, 0) is 43.8 Å². The van der Waals surface area contributed by atoms with Gasteiger partial charge in [-0.3, -0.25) is 9.98 Å². The molecule has 2 N–H and O–H groups in total. The summed E-state index contributed by atoms with van der Waals surface area (Å²) in [7, 11) is 0. The van der Waals surface area contributed by atoms with Gasteiger partial charge in [0.05, 0.1) is 19.8 Å². The van der Waals surface area contributed by atoms with Crippen molar-refractivity contribution >= 4 is 18.1 Å². The number of aliphatic hydroxyl groups is 1. The average Bonchev–Trinajstić information content (AvgIpc) is 3.03. The predicted molar refractivity (Wildman–Crippen MR) is 112 cm³/mol. The van der Waals surface area contributed by atoms with Gasteiger partial charge in [0, 0.05) is 17.7 Å². The minimum absolute atomic E-state index is 0.0846. The molecule has 0 fully saturated rings. The SMILES string of the molecule is CCOC(=N)CCn1nc(-c2ccccc2CO)n(-c2ccc(C)cc2)c1=S. The molecule has 28 heavy (non-hydrogen) atoms. The Balaban J connectivity index is 2.11. The van der Waals surface area contributed by atoms with Crippen LogP contribution in [0.2, 0.25) is 0 Å². The van der Waals surface area contributed by atoms with Crippen molar-refractivity contribution in [3.05, 3.63) is 64.4 Å². The summed E-state index contributed by atoms with van der Waals surface area (Å²) < 4.78 is 9.39. The van der Waals surface area contributed by atoms with Crippen LogP contribution in [0, 0.1) is 17.1 Å². The highest BCUT2D eigenvalue weighted by molar-refractivity contribution is 7.71. The molecule has 2 aromatic carbocycles. The van der Waals surface area contributed by atoms with E-state index in [2.05, 4.69) is 0 Å². The highest BCUT2D eigenvalue weighted by atomic mass is 32.1. The first-order valence-electron chi connectivity index (χ1n) is 9.21. The van der Waals surface area contributed by atoms with Gasteiger partial charge in [0.1, 0.15) is 0 Å². The fourth-order valence-electron chi connectivity index (χ4n) is 2.98. The monoisotopic (exact) mass is 396 g/mol. The van der Waals surface area contributed by atoms with Crippen LogP contribution < -0.4 is 0 Å². The van der Waals surface area contributed by atoms with E-state index in [1.165, 1.54) is 0 Å². The van der Waals surface area contributed by atoms with E-state index < -0.39 is 0 Å². The Kier molecular flexibility index (Phi) is 6.38. The largest absolute Gasteiger partial charge is 0.481 e. The van der Waals surface area contributed by atoms with Crippen LogP contribution in [-0.4, -0.2) is 32.0 Å². The number of rotatable bonds is 7. The number of nitrogens with zero attached hydrogens (tertiary/aromatic N) is 3. The molecule has 0 bridgehead atoms. The number of aliphatic hydroxyl groups excluding tert-OH is 1. The molecule has 0 aliphatic carbocycles. The van der Waals surface area contributed by atoms with Crippen molar-refractivity contribution in [2.24, 2.45) is 0 Å². The Morgan fingerprint density at radius 3 is 2.57 bits per heavy atom. The fourth-order valence-corrected chi connectivity index (χ4v) is 3.31. The Labute approximate surface area is 169 Å². The zero-order valence-corrected chi connectivity index (χ0v) is 16.9. The topological polar surface area (TPSA) is 76.1 Å². The van der Waals surface area contributed by atoms with Gasteiger partial charge in [-0.25, -0.2) is 4.68 Å². The third-order valence-electron chi connectivity index (χ3n) is 4.43. The third kappa shape index (κ3) is 4.21. The number of hydrogen-bond acceptors (Lipinski definition) is 5. The van der Waals surface area contributed by atoms with Crippen LogP contribution in [0.5, 0.6) is 0 Å². The molecule has 0 atom stereocenters. The maximum Gasteiger partial charge on any atom is 0.202 e. The van der Waals surface area contributed by atoms with E-state index in [-0.39, 0.29) is 12.5 Å². The van der Waals surface area contributed by atoms with Crippen LogP contribution in [0.25, 0.3) is 17.1 Å². The lowest BCUT2D eigenvalue weighted by Gasteiger charge is -2.10. The molecule has 0 amide bonds. The molecule has 3 aromatic rings. The summed E-state index contributed by atoms with van der Waals surface area (Å²) in [4.78, 5) is 0. The standard InChI is InChI=1S/C21H24N4O2S/c1-3-27-19(22)12-13-24-21(28)25(17-10-8-15(2)9-11-17)20(23-24)18-7-5-4-6-16(18)14-26/h4-11,22,26H,3,12-14H2,1-2H3. The summed E-state index contributed by atoms with van der Waals surface area (Å²) in [5.74, 6) is 0.882. The Morgan fingerprint density at radius 1 is 1.18 bits per heavy atom. The molecule has 1 aromatic heterocycles. The molecule has 1 heterocycles. The van der Waals surface area contributed by atoms with Crippen molar-refractivity contribution in [3.8, 4) is 17.1 Å². The van der Waals surface area contributed by atoms with Crippen LogP contribution in [0.15, 0.2) is 48.5 Å². The van der Waals surface area contributed by atoms with Crippen LogP contribution in [0.4, 0.5) is 0 Å². The molecule has 0 aliphatic rings. The van der Waals surface area contributed by atoms with Gasteiger partial charge in [0.2, 0.25) is 4.77 Å². The molecule has 0 aliphatic heterocycles. The normalized spacial score (nSPS) is 10.8. The molecule has 3 rings (SSSR count). The van der Waals surface area contributed by atoms with Gasteiger partial charge in [0.25, 0.3) is 0 Å². The molecule has 7 heteroatoms. The van der Waals surface area contributed by atoms with Gasteiger partial charge in [-0.1, -0.05) is 42.0 Å². The zero-order valence-electron chi connectivity index (χ0n) is 16.1. The summed E-state index contributed by atoms with van der Waals surface area (Å²) in [6.07, 6.45) is 0.411. The second-order valence-electron chi connectivity index (χ2n) is 6.42. The molecule has 0 spiro atoms. The first-order valence-corrected chi connectivity index (χ1v) is 9.62. The number of hydrogen-bond donors (Lipinski definition) is 2. The Hall–Kier alpha value is -2.77. The van der Waals surface area contributed by atoms with Crippen LogP contribution >= 0.6 is 12.2 Å². The molecule has 6 nitrogen and oxygen atoms in total.